The highest BCUT2D eigenvalue weighted by Gasteiger charge is 2.43. The summed E-state index contributed by atoms with van der Waals surface area (Å²) >= 11 is 0. The molecule has 1 rings (SSSR count). The lowest BCUT2D eigenvalue weighted by Gasteiger charge is -2.31. The first-order valence-corrected chi connectivity index (χ1v) is 9.33. The van der Waals surface area contributed by atoms with Gasteiger partial charge < -0.3 is 15.1 Å². The van der Waals surface area contributed by atoms with Crippen LogP contribution in [0.2, 0.25) is 0 Å². The first kappa shape index (κ1) is 19.4. The molecule has 0 radical (unpaired) electrons. The number of aliphatic carboxylic acids is 2. The van der Waals surface area contributed by atoms with Gasteiger partial charge in [-0.1, -0.05) is 37.3 Å². The summed E-state index contributed by atoms with van der Waals surface area (Å²) in [5.74, 6) is -3.50. The number of hydrogen-bond donors (Lipinski definition) is 3. The van der Waals surface area contributed by atoms with Gasteiger partial charge in [0.15, 0.2) is 0 Å². The number of rotatable bonds is 9. The number of carboxylic acids is 2. The summed E-state index contributed by atoms with van der Waals surface area (Å²) in [5, 5.41) is 18.1. The molecule has 7 heteroatoms. The Balaban J connectivity index is 3.10. The van der Waals surface area contributed by atoms with Crippen molar-refractivity contribution in [2.75, 3.05) is 0 Å². The van der Waals surface area contributed by atoms with Crippen LogP contribution in [0.25, 0.3) is 0 Å². The van der Waals surface area contributed by atoms with Crippen molar-refractivity contribution in [2.24, 2.45) is 5.92 Å². The molecule has 1 aromatic rings. The molecule has 0 bridgehead atoms. The third kappa shape index (κ3) is 4.91. The van der Waals surface area contributed by atoms with Crippen molar-refractivity contribution < 1.29 is 29.3 Å². The molecule has 0 saturated heterocycles. The van der Waals surface area contributed by atoms with Gasteiger partial charge in [0.2, 0.25) is 7.37 Å². The Kier molecular flexibility index (Phi) is 6.98. The van der Waals surface area contributed by atoms with Gasteiger partial charge in [-0.05, 0) is 25.3 Å². The predicted octanol–water partition coefficient (Wildman–Crippen LogP) is 3.36. The molecule has 23 heavy (non-hydrogen) atoms. The van der Waals surface area contributed by atoms with Gasteiger partial charge in [0.25, 0.3) is 0 Å². The minimum Gasteiger partial charge on any atom is -0.481 e. The van der Waals surface area contributed by atoms with Gasteiger partial charge in [-0.25, -0.2) is 0 Å². The maximum absolute atomic E-state index is 13.0. The van der Waals surface area contributed by atoms with Gasteiger partial charge in [0, 0.05) is 12.1 Å². The molecule has 3 N–H and O–H groups in total. The second kappa shape index (κ2) is 8.27. The molecule has 0 heterocycles. The van der Waals surface area contributed by atoms with Crippen LogP contribution in [0.3, 0.4) is 0 Å². The fourth-order valence-electron chi connectivity index (χ4n) is 2.80. The van der Waals surface area contributed by atoms with E-state index in [4.69, 9.17) is 5.11 Å². The Morgan fingerprint density at radius 2 is 1.74 bits per heavy atom. The molecular formula is C16H23O6P. The molecule has 1 aromatic carbocycles. The molecule has 0 aromatic heterocycles. The molecule has 4 unspecified atom stereocenters. The lowest BCUT2D eigenvalue weighted by Crippen LogP contribution is -2.30. The molecule has 0 amide bonds. The van der Waals surface area contributed by atoms with Crippen LogP contribution in [0, 0.1) is 5.92 Å². The van der Waals surface area contributed by atoms with Crippen LogP contribution >= 0.6 is 7.37 Å². The van der Waals surface area contributed by atoms with Gasteiger partial charge >= 0.3 is 11.9 Å². The minimum atomic E-state index is -3.86. The molecule has 0 aliphatic heterocycles. The summed E-state index contributed by atoms with van der Waals surface area (Å²) in [6, 6.07) is 8.76. The van der Waals surface area contributed by atoms with Crippen LogP contribution in [-0.4, -0.2) is 32.7 Å². The quantitative estimate of drug-likeness (QED) is 0.593. The minimum absolute atomic E-state index is 0.158. The molecule has 0 fully saturated rings. The predicted molar refractivity (Wildman–Crippen MR) is 86.8 cm³/mol. The van der Waals surface area contributed by atoms with Crippen molar-refractivity contribution >= 4 is 19.3 Å². The van der Waals surface area contributed by atoms with Crippen molar-refractivity contribution in [3.8, 4) is 0 Å². The summed E-state index contributed by atoms with van der Waals surface area (Å²) in [5.41, 5.74) is -1.02. The monoisotopic (exact) mass is 342 g/mol. The van der Waals surface area contributed by atoms with E-state index in [1.165, 1.54) is 0 Å². The second-order valence-electron chi connectivity index (χ2n) is 5.61. The first-order chi connectivity index (χ1) is 10.7. The average Bonchev–Trinajstić information content (AvgIpc) is 2.50. The lowest BCUT2D eigenvalue weighted by atomic mass is 9.97. The first-order valence-electron chi connectivity index (χ1n) is 7.53. The Morgan fingerprint density at radius 3 is 2.17 bits per heavy atom. The normalized spacial score (nSPS) is 17.7. The number of benzene rings is 1. The van der Waals surface area contributed by atoms with Crippen molar-refractivity contribution in [3.05, 3.63) is 35.9 Å². The van der Waals surface area contributed by atoms with Crippen LogP contribution in [0.15, 0.2) is 30.3 Å². The smallest absolute Gasteiger partial charge is 0.307 e. The van der Waals surface area contributed by atoms with E-state index < -0.39 is 36.5 Å². The van der Waals surface area contributed by atoms with E-state index in [1.807, 2.05) is 0 Å². The highest BCUT2D eigenvalue weighted by Crippen LogP contribution is 2.62. The fraction of sp³-hybridized carbons (Fsp3) is 0.500. The Bertz CT molecular complexity index is 585. The van der Waals surface area contributed by atoms with Gasteiger partial charge in [0.1, 0.15) is 0 Å². The van der Waals surface area contributed by atoms with E-state index in [1.54, 1.807) is 44.2 Å². The van der Waals surface area contributed by atoms with Gasteiger partial charge in [-0.2, -0.15) is 0 Å². The van der Waals surface area contributed by atoms with Crippen LogP contribution in [0.5, 0.6) is 0 Å². The summed E-state index contributed by atoms with van der Waals surface area (Å²) < 4.78 is 13.0. The Labute approximate surface area is 135 Å². The van der Waals surface area contributed by atoms with E-state index in [2.05, 4.69) is 0 Å². The fourth-order valence-corrected chi connectivity index (χ4v) is 5.28. The molecule has 4 atom stereocenters. The maximum atomic E-state index is 13.0. The number of carboxylic acid groups (broad SMARTS) is 2. The van der Waals surface area contributed by atoms with E-state index >= 15 is 0 Å². The van der Waals surface area contributed by atoms with Gasteiger partial charge in [0.05, 0.1) is 11.6 Å². The molecule has 0 saturated carbocycles. The highest BCUT2D eigenvalue weighted by atomic mass is 31.2. The Morgan fingerprint density at radius 1 is 1.17 bits per heavy atom. The van der Waals surface area contributed by atoms with Crippen LogP contribution < -0.4 is 0 Å². The molecule has 0 aliphatic rings. The zero-order chi connectivity index (χ0) is 17.6. The molecular weight excluding hydrogens is 319 g/mol. The summed E-state index contributed by atoms with van der Waals surface area (Å²) in [4.78, 5) is 32.8. The van der Waals surface area contributed by atoms with E-state index in [9.17, 15) is 24.2 Å². The summed E-state index contributed by atoms with van der Waals surface area (Å²) in [6.45, 7) is 3.26. The maximum Gasteiger partial charge on any atom is 0.307 e. The topological polar surface area (TPSA) is 112 Å². The highest BCUT2D eigenvalue weighted by molar-refractivity contribution is 7.59. The molecule has 6 nitrogen and oxygen atoms in total. The summed E-state index contributed by atoms with van der Waals surface area (Å²) in [7, 11) is -3.86. The molecule has 128 valence electrons. The Hall–Kier alpha value is -1.65. The third-order valence-electron chi connectivity index (χ3n) is 4.18. The van der Waals surface area contributed by atoms with Crippen LogP contribution in [0.4, 0.5) is 0 Å². The van der Waals surface area contributed by atoms with Crippen molar-refractivity contribution in [1.82, 2.24) is 0 Å². The average molecular weight is 342 g/mol. The second-order valence-corrected chi connectivity index (χ2v) is 8.39. The van der Waals surface area contributed by atoms with Crippen LogP contribution in [0.1, 0.15) is 44.3 Å². The van der Waals surface area contributed by atoms with Crippen molar-refractivity contribution in [1.29, 1.82) is 0 Å². The lowest BCUT2D eigenvalue weighted by molar-refractivity contribution is -0.143. The zero-order valence-corrected chi connectivity index (χ0v) is 14.1. The SMILES string of the molecule is CCC(C(CCC(=O)O)C(=O)O)P(=O)(O)C(C)c1ccccc1. The van der Waals surface area contributed by atoms with Gasteiger partial charge in [-0.15, -0.1) is 0 Å². The largest absolute Gasteiger partial charge is 0.481 e. The summed E-state index contributed by atoms with van der Waals surface area (Å²) in [6.07, 6.45) is -0.302. The number of hydrogen-bond acceptors (Lipinski definition) is 3. The molecule has 0 spiro atoms. The zero-order valence-electron chi connectivity index (χ0n) is 13.3. The standard InChI is InChI=1S/C16H23O6P/c1-3-14(13(16(19)20)9-10-15(17)18)23(21,22)11(2)12-7-5-4-6-8-12/h4-8,11,13-14H,3,9-10H2,1-2H3,(H,17,18)(H,19,20)(H,21,22). The van der Waals surface area contributed by atoms with Crippen LogP contribution in [-0.2, 0) is 14.2 Å². The van der Waals surface area contributed by atoms with Crippen molar-refractivity contribution in [3.63, 3.8) is 0 Å². The number of carbonyl (C=O) groups is 2. The van der Waals surface area contributed by atoms with Crippen molar-refractivity contribution in [2.45, 2.75) is 44.4 Å². The van der Waals surface area contributed by atoms with E-state index in [0.29, 0.717) is 5.56 Å². The van der Waals surface area contributed by atoms with E-state index in [-0.39, 0.29) is 19.3 Å². The molecule has 0 aliphatic carbocycles. The third-order valence-corrected chi connectivity index (χ3v) is 7.26. The van der Waals surface area contributed by atoms with Gasteiger partial charge in [-0.3, -0.25) is 14.2 Å². The van der Waals surface area contributed by atoms with E-state index in [0.717, 1.165) is 0 Å².